The fraction of sp³-hybridized carbons (Fsp3) is 0.300. The van der Waals surface area contributed by atoms with E-state index in [4.69, 9.17) is 4.74 Å². The molecule has 1 aromatic carbocycles. The average molecular weight is 368 g/mol. The van der Waals surface area contributed by atoms with E-state index in [1.807, 2.05) is 40.6 Å². The molecule has 134 valence electrons. The molecule has 3 heterocycles. The fourth-order valence-electron chi connectivity index (χ4n) is 3.68. The summed E-state index contributed by atoms with van der Waals surface area (Å²) in [6, 6.07) is 11.9. The Morgan fingerprint density at radius 1 is 1.27 bits per heavy atom. The number of hydrogen-bond acceptors (Lipinski definition) is 4. The predicted octanol–water partition coefficient (Wildman–Crippen LogP) is 3.86. The van der Waals surface area contributed by atoms with Gasteiger partial charge >= 0.3 is 5.97 Å². The van der Waals surface area contributed by atoms with E-state index in [-0.39, 0.29) is 18.5 Å². The molecule has 0 fully saturated rings. The fourth-order valence-corrected chi connectivity index (χ4v) is 4.50. The highest BCUT2D eigenvalue weighted by Crippen LogP contribution is 2.33. The Morgan fingerprint density at radius 2 is 2.08 bits per heavy atom. The Balaban J connectivity index is 1.69. The third-order valence-electron chi connectivity index (χ3n) is 4.78. The molecule has 4 rings (SSSR count). The molecule has 0 radical (unpaired) electrons. The number of nitrogens with zero attached hydrogens (tertiary/aromatic N) is 2. The first-order chi connectivity index (χ1) is 12.6. The van der Waals surface area contributed by atoms with E-state index in [0.717, 1.165) is 22.3 Å². The number of benzene rings is 1. The van der Waals surface area contributed by atoms with Crippen molar-refractivity contribution in [3.05, 3.63) is 53.0 Å². The molecule has 3 aromatic rings. The monoisotopic (exact) mass is 368 g/mol. The number of para-hydroxylation sites is 1. The Kier molecular flexibility index (Phi) is 4.28. The largest absolute Gasteiger partial charge is 0.461 e. The van der Waals surface area contributed by atoms with Crippen molar-refractivity contribution in [1.29, 1.82) is 0 Å². The summed E-state index contributed by atoms with van der Waals surface area (Å²) in [6.45, 7) is 4.26. The minimum atomic E-state index is -0.390. The van der Waals surface area contributed by atoms with Gasteiger partial charge in [0.2, 0.25) is 5.91 Å². The summed E-state index contributed by atoms with van der Waals surface area (Å²) in [6.07, 6.45) is 0.853. The van der Waals surface area contributed by atoms with E-state index in [9.17, 15) is 9.59 Å². The normalized spacial score (nSPS) is 16.1. The molecule has 0 bridgehead atoms. The van der Waals surface area contributed by atoms with Crippen molar-refractivity contribution in [1.82, 2.24) is 4.57 Å². The van der Waals surface area contributed by atoms with E-state index < -0.39 is 5.97 Å². The van der Waals surface area contributed by atoms with Crippen LogP contribution in [0.5, 0.6) is 0 Å². The molecule has 6 heteroatoms. The summed E-state index contributed by atoms with van der Waals surface area (Å²) in [7, 11) is 0. The molecule has 1 aliphatic heterocycles. The van der Waals surface area contributed by atoms with Gasteiger partial charge in [0.25, 0.3) is 0 Å². The summed E-state index contributed by atoms with van der Waals surface area (Å²) in [5.41, 5.74) is 3.48. The van der Waals surface area contributed by atoms with Gasteiger partial charge in [-0.25, -0.2) is 4.79 Å². The van der Waals surface area contributed by atoms with Crippen molar-refractivity contribution >= 4 is 39.1 Å². The molecule has 26 heavy (non-hydrogen) atoms. The molecule has 0 N–H and O–H groups in total. The van der Waals surface area contributed by atoms with Crippen LogP contribution in [0.4, 0.5) is 5.69 Å². The van der Waals surface area contributed by atoms with Crippen LogP contribution in [0, 0.1) is 0 Å². The molecule has 0 aliphatic carbocycles. The Bertz CT molecular complexity index is 988. The molecule has 5 nitrogen and oxygen atoms in total. The zero-order valence-corrected chi connectivity index (χ0v) is 15.6. The maximum atomic E-state index is 13.1. The van der Waals surface area contributed by atoms with Gasteiger partial charge in [0.1, 0.15) is 12.2 Å². The third kappa shape index (κ3) is 2.70. The minimum absolute atomic E-state index is 0.0169. The van der Waals surface area contributed by atoms with Gasteiger partial charge in [0, 0.05) is 11.7 Å². The van der Waals surface area contributed by atoms with Crippen molar-refractivity contribution in [2.45, 2.75) is 32.9 Å². The number of anilines is 1. The minimum Gasteiger partial charge on any atom is -0.461 e. The Labute approximate surface area is 155 Å². The van der Waals surface area contributed by atoms with Crippen LogP contribution in [0.3, 0.4) is 0 Å². The Hall–Kier alpha value is -2.60. The van der Waals surface area contributed by atoms with Crippen molar-refractivity contribution in [2.24, 2.45) is 0 Å². The summed E-state index contributed by atoms with van der Waals surface area (Å²) in [5.74, 6) is -0.407. The smallest absolute Gasteiger partial charge is 0.355 e. The lowest BCUT2D eigenvalue weighted by Crippen LogP contribution is -2.38. The molecule has 1 amide bonds. The highest BCUT2D eigenvalue weighted by molar-refractivity contribution is 7.17. The van der Waals surface area contributed by atoms with Gasteiger partial charge < -0.3 is 14.2 Å². The SMILES string of the molecule is CCOC(=O)c1cc2sccc2n1CC(=O)N1c2ccccc2C[C@H]1C. The van der Waals surface area contributed by atoms with Crippen LogP contribution in [-0.2, 0) is 22.5 Å². The Morgan fingerprint density at radius 3 is 2.88 bits per heavy atom. The molecule has 0 saturated carbocycles. The number of ether oxygens (including phenoxy) is 1. The lowest BCUT2D eigenvalue weighted by atomic mass is 10.1. The second-order valence-corrected chi connectivity index (χ2v) is 7.40. The molecule has 1 atom stereocenters. The van der Waals surface area contributed by atoms with Crippen molar-refractivity contribution in [3.8, 4) is 0 Å². The summed E-state index contributed by atoms with van der Waals surface area (Å²) in [4.78, 5) is 27.3. The summed E-state index contributed by atoms with van der Waals surface area (Å²) < 4.78 is 7.93. The van der Waals surface area contributed by atoms with Crippen molar-refractivity contribution in [2.75, 3.05) is 11.5 Å². The number of amides is 1. The molecular weight excluding hydrogens is 348 g/mol. The van der Waals surface area contributed by atoms with Crippen LogP contribution in [0.1, 0.15) is 29.9 Å². The molecular formula is C20H20N2O3S. The molecule has 0 saturated heterocycles. The topological polar surface area (TPSA) is 51.5 Å². The maximum absolute atomic E-state index is 13.1. The van der Waals surface area contributed by atoms with Crippen molar-refractivity contribution in [3.63, 3.8) is 0 Å². The quantitative estimate of drug-likeness (QED) is 0.657. The molecule has 0 spiro atoms. The van der Waals surface area contributed by atoms with Crippen LogP contribution >= 0.6 is 11.3 Å². The first kappa shape index (κ1) is 16.8. The number of esters is 1. The van der Waals surface area contributed by atoms with Gasteiger partial charge in [0.15, 0.2) is 0 Å². The summed E-state index contributed by atoms with van der Waals surface area (Å²) in [5, 5.41) is 1.97. The van der Waals surface area contributed by atoms with Gasteiger partial charge in [-0.05, 0) is 49.4 Å². The van der Waals surface area contributed by atoms with E-state index in [2.05, 4.69) is 13.0 Å². The van der Waals surface area contributed by atoms with Crippen LogP contribution < -0.4 is 4.90 Å². The van der Waals surface area contributed by atoms with Gasteiger partial charge in [-0.2, -0.15) is 0 Å². The second kappa shape index (κ2) is 6.61. The van der Waals surface area contributed by atoms with E-state index >= 15 is 0 Å². The second-order valence-electron chi connectivity index (χ2n) is 6.45. The molecule has 2 aromatic heterocycles. The lowest BCUT2D eigenvalue weighted by Gasteiger charge is -2.23. The zero-order chi connectivity index (χ0) is 18.3. The number of aromatic nitrogens is 1. The van der Waals surface area contributed by atoms with Gasteiger partial charge in [-0.3, -0.25) is 4.79 Å². The van der Waals surface area contributed by atoms with Gasteiger partial charge in [0.05, 0.1) is 16.8 Å². The van der Waals surface area contributed by atoms with Gasteiger partial charge in [-0.1, -0.05) is 18.2 Å². The van der Waals surface area contributed by atoms with Crippen LogP contribution in [-0.4, -0.2) is 29.1 Å². The number of hydrogen-bond donors (Lipinski definition) is 0. The van der Waals surface area contributed by atoms with Crippen molar-refractivity contribution < 1.29 is 14.3 Å². The number of carbonyl (C=O) groups is 2. The van der Waals surface area contributed by atoms with Crippen LogP contribution in [0.2, 0.25) is 0 Å². The lowest BCUT2D eigenvalue weighted by molar-refractivity contribution is -0.119. The average Bonchev–Trinajstić information content (AvgIpc) is 3.28. The van der Waals surface area contributed by atoms with E-state index in [1.165, 1.54) is 5.56 Å². The van der Waals surface area contributed by atoms with E-state index in [1.54, 1.807) is 22.8 Å². The maximum Gasteiger partial charge on any atom is 0.355 e. The first-order valence-corrected chi connectivity index (χ1v) is 9.62. The van der Waals surface area contributed by atoms with Crippen LogP contribution in [0.15, 0.2) is 41.8 Å². The van der Waals surface area contributed by atoms with Crippen LogP contribution in [0.25, 0.3) is 10.2 Å². The number of thiophene rings is 1. The third-order valence-corrected chi connectivity index (χ3v) is 5.63. The number of carbonyl (C=O) groups excluding carboxylic acids is 2. The number of rotatable bonds is 4. The standard InChI is InChI=1S/C20H20N2O3S/c1-3-25-20(24)17-11-18-16(8-9-26-18)21(17)12-19(23)22-13(2)10-14-6-4-5-7-15(14)22/h4-9,11,13H,3,10,12H2,1-2H3/t13-/m1/s1. The first-order valence-electron chi connectivity index (χ1n) is 8.74. The highest BCUT2D eigenvalue weighted by atomic mass is 32.1. The predicted molar refractivity (Wildman–Crippen MR) is 103 cm³/mol. The highest BCUT2D eigenvalue weighted by Gasteiger charge is 2.31. The van der Waals surface area contributed by atoms with Gasteiger partial charge in [-0.15, -0.1) is 11.3 Å². The summed E-state index contributed by atoms with van der Waals surface area (Å²) >= 11 is 1.55. The zero-order valence-electron chi connectivity index (χ0n) is 14.8. The van der Waals surface area contributed by atoms with E-state index in [0.29, 0.717) is 12.3 Å². The molecule has 1 aliphatic rings. The number of fused-ring (bicyclic) bond motifs is 2. The molecule has 0 unspecified atom stereocenters.